The van der Waals surface area contributed by atoms with E-state index in [1.165, 1.54) is 0 Å². The van der Waals surface area contributed by atoms with E-state index >= 15 is 0 Å². The molecule has 0 spiro atoms. The first-order valence-electron chi connectivity index (χ1n) is 8.00. The Labute approximate surface area is 130 Å². The lowest BCUT2D eigenvalue weighted by molar-refractivity contribution is -0.153. The second-order valence-electron chi connectivity index (χ2n) is 6.72. The van der Waals surface area contributed by atoms with E-state index in [1.807, 2.05) is 0 Å². The van der Waals surface area contributed by atoms with Crippen LogP contribution in [0.1, 0.15) is 39.5 Å². The molecule has 0 amide bonds. The minimum absolute atomic E-state index is 0.0170. The number of cyclic esters (lactones) is 1. The Morgan fingerprint density at radius 2 is 2.10 bits per heavy atom. The standard InChI is InChI=1S/C16H23ClO4/c1-3-16(4-2)14-9-5-10(8-20-12(18)7-17)11(6-9)13(14)15(19)21-16/h9-11,13-14H,3-8H2,1-2H3. The van der Waals surface area contributed by atoms with Gasteiger partial charge in [0.2, 0.25) is 0 Å². The van der Waals surface area contributed by atoms with Gasteiger partial charge in [0.25, 0.3) is 0 Å². The fraction of sp³-hybridized carbons (Fsp3) is 0.875. The summed E-state index contributed by atoms with van der Waals surface area (Å²) in [5, 5.41) is 0. The summed E-state index contributed by atoms with van der Waals surface area (Å²) < 4.78 is 11.0. The number of carbonyl (C=O) groups is 2. The molecule has 2 aliphatic carbocycles. The highest BCUT2D eigenvalue weighted by molar-refractivity contribution is 6.26. The lowest BCUT2D eigenvalue weighted by Crippen LogP contribution is -2.40. The van der Waals surface area contributed by atoms with Crippen molar-refractivity contribution in [3.8, 4) is 0 Å². The quantitative estimate of drug-likeness (QED) is 0.578. The van der Waals surface area contributed by atoms with Gasteiger partial charge in [-0.05, 0) is 43.4 Å². The lowest BCUT2D eigenvalue weighted by atomic mass is 9.67. The third-order valence-corrected chi connectivity index (χ3v) is 6.31. The topological polar surface area (TPSA) is 52.6 Å². The van der Waals surface area contributed by atoms with E-state index in [0.29, 0.717) is 30.3 Å². The summed E-state index contributed by atoms with van der Waals surface area (Å²) in [6.07, 6.45) is 3.91. The Morgan fingerprint density at radius 3 is 2.71 bits per heavy atom. The van der Waals surface area contributed by atoms with Crippen LogP contribution in [0.15, 0.2) is 0 Å². The SMILES string of the molecule is CCC1(CC)OC(=O)C2C3CC(CC3COC(=O)CCl)C21. The number of rotatable bonds is 5. The van der Waals surface area contributed by atoms with Crippen LogP contribution in [-0.2, 0) is 19.1 Å². The lowest BCUT2D eigenvalue weighted by Gasteiger charge is -2.37. The van der Waals surface area contributed by atoms with E-state index in [-0.39, 0.29) is 29.3 Å². The van der Waals surface area contributed by atoms with Crippen LogP contribution in [0.25, 0.3) is 0 Å². The van der Waals surface area contributed by atoms with Crippen LogP contribution in [0.3, 0.4) is 0 Å². The summed E-state index contributed by atoms with van der Waals surface area (Å²) in [6.45, 7) is 4.63. The minimum Gasteiger partial charge on any atom is -0.464 e. The number of esters is 2. The molecule has 0 aromatic carbocycles. The van der Waals surface area contributed by atoms with Crippen LogP contribution in [0, 0.1) is 29.6 Å². The van der Waals surface area contributed by atoms with Gasteiger partial charge in [-0.1, -0.05) is 13.8 Å². The van der Waals surface area contributed by atoms with Crippen LogP contribution in [0.2, 0.25) is 0 Å². The zero-order chi connectivity index (χ0) is 15.2. The van der Waals surface area contributed by atoms with Crippen molar-refractivity contribution in [2.24, 2.45) is 29.6 Å². The number of hydrogen-bond acceptors (Lipinski definition) is 4. The number of ether oxygens (including phenoxy) is 2. The van der Waals surface area contributed by atoms with Crippen LogP contribution >= 0.6 is 11.6 Å². The van der Waals surface area contributed by atoms with Crippen molar-refractivity contribution in [2.75, 3.05) is 12.5 Å². The highest BCUT2D eigenvalue weighted by atomic mass is 35.5. The smallest absolute Gasteiger partial charge is 0.320 e. The van der Waals surface area contributed by atoms with Gasteiger partial charge in [0.15, 0.2) is 0 Å². The van der Waals surface area contributed by atoms with Gasteiger partial charge >= 0.3 is 11.9 Å². The van der Waals surface area contributed by atoms with Crippen LogP contribution in [0.5, 0.6) is 0 Å². The fourth-order valence-corrected chi connectivity index (χ4v) is 5.28. The molecule has 0 aromatic heterocycles. The molecule has 0 N–H and O–H groups in total. The Morgan fingerprint density at radius 1 is 1.38 bits per heavy atom. The summed E-state index contributed by atoms with van der Waals surface area (Å²) in [5.41, 5.74) is -0.251. The minimum atomic E-state index is -0.374. The number of halogens is 1. The Kier molecular flexibility index (Phi) is 3.93. The highest BCUT2D eigenvalue weighted by Crippen LogP contribution is 2.63. The maximum atomic E-state index is 12.4. The van der Waals surface area contributed by atoms with Crippen LogP contribution in [-0.4, -0.2) is 30.0 Å². The molecule has 5 unspecified atom stereocenters. The summed E-state index contributed by atoms with van der Waals surface area (Å²) in [4.78, 5) is 23.6. The average Bonchev–Trinajstić information content (AvgIpc) is 3.15. The van der Waals surface area contributed by atoms with Gasteiger partial charge in [0, 0.05) is 5.92 Å². The molecule has 3 fully saturated rings. The predicted octanol–water partition coefficient (Wildman–Crippen LogP) is 2.77. The fourth-order valence-electron chi connectivity index (χ4n) is 5.21. The first-order chi connectivity index (χ1) is 10.1. The second kappa shape index (κ2) is 5.45. The number of alkyl halides is 1. The molecule has 2 saturated carbocycles. The van der Waals surface area contributed by atoms with Gasteiger partial charge in [-0.25, -0.2) is 0 Å². The van der Waals surface area contributed by atoms with E-state index in [1.54, 1.807) is 0 Å². The summed E-state index contributed by atoms with van der Waals surface area (Å²) in [7, 11) is 0. The number of hydrogen-bond donors (Lipinski definition) is 0. The van der Waals surface area contributed by atoms with Crippen molar-refractivity contribution in [3.63, 3.8) is 0 Å². The van der Waals surface area contributed by atoms with Crippen molar-refractivity contribution in [1.29, 1.82) is 0 Å². The molecular weight excluding hydrogens is 292 g/mol. The molecule has 5 heteroatoms. The van der Waals surface area contributed by atoms with Gasteiger partial charge < -0.3 is 9.47 Å². The highest BCUT2D eigenvalue weighted by Gasteiger charge is 2.66. The zero-order valence-corrected chi connectivity index (χ0v) is 13.4. The Balaban J connectivity index is 1.73. The molecule has 3 aliphatic rings. The van der Waals surface area contributed by atoms with Gasteiger partial charge in [0.1, 0.15) is 11.5 Å². The molecule has 2 bridgehead atoms. The normalized spacial score (nSPS) is 39.2. The molecule has 4 nitrogen and oxygen atoms in total. The van der Waals surface area contributed by atoms with Gasteiger partial charge in [-0.2, -0.15) is 0 Å². The largest absolute Gasteiger partial charge is 0.464 e. The second-order valence-corrected chi connectivity index (χ2v) is 6.98. The first-order valence-corrected chi connectivity index (χ1v) is 8.54. The molecule has 0 aromatic rings. The molecular formula is C16H23ClO4. The monoisotopic (exact) mass is 314 g/mol. The molecule has 0 radical (unpaired) electrons. The Bertz CT molecular complexity index is 446. The molecule has 3 rings (SSSR count). The molecule has 21 heavy (non-hydrogen) atoms. The van der Waals surface area contributed by atoms with E-state index < -0.39 is 0 Å². The van der Waals surface area contributed by atoms with E-state index in [4.69, 9.17) is 21.1 Å². The number of carbonyl (C=O) groups excluding carboxylic acids is 2. The van der Waals surface area contributed by atoms with E-state index in [0.717, 1.165) is 25.7 Å². The van der Waals surface area contributed by atoms with Crippen LogP contribution in [0.4, 0.5) is 0 Å². The molecule has 1 saturated heterocycles. The third-order valence-electron chi connectivity index (χ3n) is 6.09. The van der Waals surface area contributed by atoms with Crippen LogP contribution < -0.4 is 0 Å². The van der Waals surface area contributed by atoms with E-state index in [2.05, 4.69) is 13.8 Å². The van der Waals surface area contributed by atoms with Crippen molar-refractivity contribution >= 4 is 23.5 Å². The van der Waals surface area contributed by atoms with Crippen molar-refractivity contribution in [2.45, 2.75) is 45.1 Å². The average molecular weight is 315 g/mol. The van der Waals surface area contributed by atoms with Gasteiger partial charge in [0.05, 0.1) is 12.5 Å². The molecule has 5 atom stereocenters. The summed E-state index contributed by atoms with van der Waals surface area (Å²) in [6, 6.07) is 0. The third kappa shape index (κ3) is 2.18. The van der Waals surface area contributed by atoms with Gasteiger partial charge in [-0.3, -0.25) is 9.59 Å². The molecule has 1 aliphatic heterocycles. The van der Waals surface area contributed by atoms with E-state index in [9.17, 15) is 9.59 Å². The first kappa shape index (κ1) is 15.1. The number of fused-ring (bicyclic) bond motifs is 5. The maximum Gasteiger partial charge on any atom is 0.320 e. The summed E-state index contributed by atoms with van der Waals surface area (Å²) >= 11 is 5.46. The Hall–Kier alpha value is -0.770. The van der Waals surface area contributed by atoms with Crippen molar-refractivity contribution in [3.05, 3.63) is 0 Å². The molecule has 1 heterocycles. The van der Waals surface area contributed by atoms with Gasteiger partial charge in [-0.15, -0.1) is 11.6 Å². The molecule has 118 valence electrons. The summed E-state index contributed by atoms with van der Waals surface area (Å²) in [5.74, 6) is 1.02. The zero-order valence-electron chi connectivity index (χ0n) is 12.6. The predicted molar refractivity (Wildman–Crippen MR) is 77.8 cm³/mol. The van der Waals surface area contributed by atoms with Crippen molar-refractivity contribution < 1.29 is 19.1 Å². The maximum absolute atomic E-state index is 12.4. The van der Waals surface area contributed by atoms with Crippen molar-refractivity contribution in [1.82, 2.24) is 0 Å².